The van der Waals surface area contributed by atoms with Crippen molar-refractivity contribution in [3.63, 3.8) is 0 Å². The highest BCUT2D eigenvalue weighted by molar-refractivity contribution is 5.95. The molecule has 0 unspecified atom stereocenters. The minimum Gasteiger partial charge on any atom is -0.495 e. The summed E-state index contributed by atoms with van der Waals surface area (Å²) < 4.78 is 11.0. The van der Waals surface area contributed by atoms with Gasteiger partial charge in [-0.3, -0.25) is 9.69 Å². The number of amides is 1. The van der Waals surface area contributed by atoms with Gasteiger partial charge in [-0.25, -0.2) is 0 Å². The van der Waals surface area contributed by atoms with Crippen LogP contribution in [0.25, 0.3) is 0 Å². The monoisotopic (exact) mass is 292 g/mol. The molecule has 1 amide bonds. The Morgan fingerprint density at radius 2 is 1.95 bits per heavy atom. The third-order valence-corrected chi connectivity index (χ3v) is 3.74. The molecule has 1 aliphatic rings. The Balaban J connectivity index is 2.02. The van der Waals surface area contributed by atoms with Crippen LogP contribution in [0, 0.1) is 0 Å². The molecule has 116 valence electrons. The molecule has 5 heteroatoms. The van der Waals surface area contributed by atoms with E-state index in [-0.39, 0.29) is 24.2 Å². The largest absolute Gasteiger partial charge is 0.495 e. The van der Waals surface area contributed by atoms with E-state index in [4.69, 9.17) is 9.47 Å². The van der Waals surface area contributed by atoms with Gasteiger partial charge in [-0.05, 0) is 32.9 Å². The van der Waals surface area contributed by atoms with Gasteiger partial charge < -0.3 is 14.8 Å². The van der Waals surface area contributed by atoms with Crippen molar-refractivity contribution in [1.82, 2.24) is 4.90 Å². The molecular formula is C16H24N2O3. The van der Waals surface area contributed by atoms with Gasteiger partial charge in [0.15, 0.2) is 0 Å². The lowest BCUT2D eigenvalue weighted by Gasteiger charge is -2.38. The first-order valence-corrected chi connectivity index (χ1v) is 7.34. The predicted molar refractivity (Wildman–Crippen MR) is 82.7 cm³/mol. The third-order valence-electron chi connectivity index (χ3n) is 3.74. The minimum atomic E-state index is -0.205. The molecule has 5 nitrogen and oxygen atoms in total. The Bertz CT molecular complexity index is 482. The van der Waals surface area contributed by atoms with Gasteiger partial charge in [-0.1, -0.05) is 12.1 Å². The Kier molecular flexibility index (Phi) is 5.20. The third kappa shape index (κ3) is 3.95. The molecule has 1 aliphatic heterocycles. The normalized spacial score (nSPS) is 24.4. The van der Waals surface area contributed by atoms with E-state index in [9.17, 15) is 4.79 Å². The highest BCUT2D eigenvalue weighted by atomic mass is 16.5. The van der Waals surface area contributed by atoms with Crippen molar-refractivity contribution in [2.45, 2.75) is 39.0 Å². The first-order chi connectivity index (χ1) is 10.0. The molecule has 1 heterocycles. The topological polar surface area (TPSA) is 50.8 Å². The van der Waals surface area contributed by atoms with E-state index in [1.54, 1.807) is 7.11 Å². The summed E-state index contributed by atoms with van der Waals surface area (Å²) in [6, 6.07) is 7.22. The maximum Gasteiger partial charge on any atom is 0.241 e. The van der Waals surface area contributed by atoms with Gasteiger partial charge in [0.1, 0.15) is 5.75 Å². The van der Waals surface area contributed by atoms with Gasteiger partial charge in [0, 0.05) is 13.1 Å². The second kappa shape index (κ2) is 6.91. The Labute approximate surface area is 126 Å². The lowest BCUT2D eigenvalue weighted by atomic mass is 10.1. The van der Waals surface area contributed by atoms with Gasteiger partial charge in [-0.15, -0.1) is 0 Å². The van der Waals surface area contributed by atoms with E-state index >= 15 is 0 Å². The number of anilines is 1. The number of hydrogen-bond acceptors (Lipinski definition) is 4. The molecule has 1 aromatic carbocycles. The highest BCUT2D eigenvalue weighted by Gasteiger charge is 2.29. The molecule has 21 heavy (non-hydrogen) atoms. The van der Waals surface area contributed by atoms with Crippen molar-refractivity contribution in [1.29, 1.82) is 0 Å². The predicted octanol–water partition coefficient (Wildman–Crippen LogP) is 2.13. The fourth-order valence-electron chi connectivity index (χ4n) is 2.68. The second-order valence-electron chi connectivity index (χ2n) is 5.58. The number of benzene rings is 1. The van der Waals surface area contributed by atoms with Crippen molar-refractivity contribution in [2.24, 2.45) is 0 Å². The number of nitrogens with one attached hydrogen (secondary N) is 1. The van der Waals surface area contributed by atoms with Crippen LogP contribution in [0.3, 0.4) is 0 Å². The van der Waals surface area contributed by atoms with E-state index in [0.29, 0.717) is 11.4 Å². The van der Waals surface area contributed by atoms with Gasteiger partial charge in [0.2, 0.25) is 5.91 Å². The molecule has 0 radical (unpaired) electrons. The van der Waals surface area contributed by atoms with Crippen molar-refractivity contribution >= 4 is 11.6 Å². The molecule has 0 aromatic heterocycles. The average Bonchev–Trinajstić information content (AvgIpc) is 2.46. The molecule has 2 rings (SSSR count). The summed E-state index contributed by atoms with van der Waals surface area (Å²) in [6.07, 6.45) is 0.297. The van der Waals surface area contributed by atoms with Crippen molar-refractivity contribution in [3.05, 3.63) is 24.3 Å². The summed E-state index contributed by atoms with van der Waals surface area (Å²) in [6.45, 7) is 7.53. The van der Waals surface area contributed by atoms with Gasteiger partial charge in [0.25, 0.3) is 0 Å². The van der Waals surface area contributed by atoms with E-state index in [1.807, 2.05) is 45.0 Å². The van der Waals surface area contributed by atoms with Crippen LogP contribution >= 0.6 is 0 Å². The molecule has 1 fully saturated rings. The van der Waals surface area contributed by atoms with Crippen molar-refractivity contribution < 1.29 is 14.3 Å². The zero-order valence-electron chi connectivity index (χ0n) is 13.1. The smallest absolute Gasteiger partial charge is 0.241 e. The molecule has 0 aliphatic carbocycles. The fraction of sp³-hybridized carbons (Fsp3) is 0.562. The summed E-state index contributed by atoms with van der Waals surface area (Å²) in [4.78, 5) is 14.6. The first kappa shape index (κ1) is 15.8. The zero-order valence-corrected chi connectivity index (χ0v) is 13.1. The van der Waals surface area contributed by atoms with E-state index in [0.717, 1.165) is 13.1 Å². The van der Waals surface area contributed by atoms with Crippen LogP contribution in [0.1, 0.15) is 20.8 Å². The number of morpholine rings is 1. The maximum absolute atomic E-state index is 12.4. The quantitative estimate of drug-likeness (QED) is 0.923. The van der Waals surface area contributed by atoms with Crippen LogP contribution in [0.5, 0.6) is 5.75 Å². The Morgan fingerprint density at radius 1 is 1.33 bits per heavy atom. The number of methoxy groups -OCH3 is 1. The second-order valence-corrected chi connectivity index (χ2v) is 5.58. The zero-order chi connectivity index (χ0) is 15.4. The van der Waals surface area contributed by atoms with Crippen LogP contribution < -0.4 is 10.1 Å². The molecule has 0 bridgehead atoms. The van der Waals surface area contributed by atoms with Gasteiger partial charge in [0.05, 0.1) is 31.0 Å². The number of nitrogens with zero attached hydrogens (tertiary/aromatic N) is 1. The summed E-state index contributed by atoms with van der Waals surface area (Å²) in [7, 11) is 1.60. The molecule has 0 saturated carbocycles. The van der Waals surface area contributed by atoms with E-state index in [1.165, 1.54) is 0 Å². The summed E-state index contributed by atoms with van der Waals surface area (Å²) in [5, 5.41) is 2.94. The van der Waals surface area contributed by atoms with Crippen LogP contribution in [-0.4, -0.2) is 49.3 Å². The van der Waals surface area contributed by atoms with E-state index < -0.39 is 0 Å². The number of carbonyl (C=O) groups excluding carboxylic acids is 1. The van der Waals surface area contributed by atoms with Crippen molar-refractivity contribution in [3.8, 4) is 5.75 Å². The first-order valence-electron chi connectivity index (χ1n) is 7.34. The van der Waals surface area contributed by atoms with Crippen molar-refractivity contribution in [2.75, 3.05) is 25.5 Å². The number of carbonyl (C=O) groups is 1. The minimum absolute atomic E-state index is 0.0270. The van der Waals surface area contributed by atoms with Crippen LogP contribution in [0.4, 0.5) is 5.69 Å². The molecule has 1 saturated heterocycles. The number of hydrogen-bond donors (Lipinski definition) is 1. The average molecular weight is 292 g/mol. The lowest BCUT2D eigenvalue weighted by Crippen LogP contribution is -2.52. The van der Waals surface area contributed by atoms with Crippen LogP contribution in [0.2, 0.25) is 0 Å². The van der Waals surface area contributed by atoms with Crippen LogP contribution in [0.15, 0.2) is 24.3 Å². The summed E-state index contributed by atoms with van der Waals surface area (Å²) in [5.74, 6) is 0.641. The molecule has 1 N–H and O–H groups in total. The fourth-order valence-corrected chi connectivity index (χ4v) is 2.68. The van der Waals surface area contributed by atoms with Gasteiger partial charge in [-0.2, -0.15) is 0 Å². The lowest BCUT2D eigenvalue weighted by molar-refractivity contribution is -0.126. The molecule has 1 aromatic rings. The Hall–Kier alpha value is -1.59. The standard InChI is InChI=1S/C16H24N2O3/c1-11-9-18(10-12(2)21-11)13(3)16(19)17-14-7-5-6-8-15(14)20-4/h5-8,11-13H,9-10H2,1-4H3,(H,17,19)/t11-,12+,13-/m0/s1. The van der Waals surface area contributed by atoms with Gasteiger partial charge >= 0.3 is 0 Å². The maximum atomic E-state index is 12.4. The Morgan fingerprint density at radius 3 is 2.57 bits per heavy atom. The molecule has 0 spiro atoms. The molecular weight excluding hydrogens is 268 g/mol. The van der Waals surface area contributed by atoms with E-state index in [2.05, 4.69) is 10.2 Å². The number of rotatable bonds is 4. The molecule has 3 atom stereocenters. The summed E-state index contributed by atoms with van der Waals surface area (Å²) in [5.41, 5.74) is 0.700. The summed E-state index contributed by atoms with van der Waals surface area (Å²) >= 11 is 0. The number of para-hydroxylation sites is 2. The van der Waals surface area contributed by atoms with Crippen LogP contribution in [-0.2, 0) is 9.53 Å². The SMILES string of the molecule is COc1ccccc1NC(=O)[C@H](C)N1C[C@@H](C)O[C@@H](C)C1. The number of ether oxygens (including phenoxy) is 2. The highest BCUT2D eigenvalue weighted by Crippen LogP contribution is 2.23.